The van der Waals surface area contributed by atoms with Crippen LogP contribution in [0, 0.1) is 23.2 Å². The summed E-state index contributed by atoms with van der Waals surface area (Å²) in [5.74, 6) is 1.64. The molecular formula is C18H26N4. The van der Waals surface area contributed by atoms with Crippen LogP contribution in [0.2, 0.25) is 0 Å². The Hall–Kier alpha value is -1.57. The summed E-state index contributed by atoms with van der Waals surface area (Å²) in [6.07, 6.45) is 1.32. The highest BCUT2D eigenvalue weighted by molar-refractivity contribution is 5.50. The highest BCUT2D eigenvalue weighted by atomic mass is 15.2. The predicted octanol–water partition coefficient (Wildman–Crippen LogP) is 1.88. The minimum atomic E-state index is 0.746. The van der Waals surface area contributed by atoms with E-state index in [1.165, 1.54) is 38.3 Å². The molecule has 2 aliphatic heterocycles. The van der Waals surface area contributed by atoms with Gasteiger partial charge in [0.15, 0.2) is 0 Å². The first-order valence-corrected chi connectivity index (χ1v) is 8.28. The minimum Gasteiger partial charge on any atom is -0.371 e. The monoisotopic (exact) mass is 298 g/mol. The van der Waals surface area contributed by atoms with Gasteiger partial charge < -0.3 is 14.7 Å². The first kappa shape index (κ1) is 15.3. The van der Waals surface area contributed by atoms with E-state index >= 15 is 0 Å². The van der Waals surface area contributed by atoms with Crippen molar-refractivity contribution in [3.05, 3.63) is 29.8 Å². The van der Waals surface area contributed by atoms with Gasteiger partial charge in [-0.15, -0.1) is 0 Å². The third-order valence-corrected chi connectivity index (χ3v) is 5.11. The second kappa shape index (κ2) is 6.68. The van der Waals surface area contributed by atoms with Gasteiger partial charge in [-0.3, -0.25) is 0 Å². The molecule has 0 aliphatic carbocycles. The molecule has 2 saturated heterocycles. The van der Waals surface area contributed by atoms with Crippen LogP contribution in [0.1, 0.15) is 12.0 Å². The van der Waals surface area contributed by atoms with Crippen molar-refractivity contribution < 1.29 is 0 Å². The minimum absolute atomic E-state index is 0.746. The molecule has 0 spiro atoms. The number of anilines is 1. The lowest BCUT2D eigenvalue weighted by atomic mass is 9.89. The van der Waals surface area contributed by atoms with Gasteiger partial charge in [-0.1, -0.05) is 0 Å². The van der Waals surface area contributed by atoms with Crippen molar-refractivity contribution in [3.63, 3.8) is 0 Å². The molecule has 0 N–H and O–H groups in total. The van der Waals surface area contributed by atoms with E-state index in [1.54, 1.807) is 0 Å². The normalized spacial score (nSPS) is 25.3. The number of nitriles is 1. The molecule has 1 aromatic carbocycles. The molecule has 3 rings (SSSR count). The molecule has 2 heterocycles. The molecule has 1 aromatic rings. The van der Waals surface area contributed by atoms with Gasteiger partial charge in [-0.25, -0.2) is 0 Å². The summed E-state index contributed by atoms with van der Waals surface area (Å²) in [6, 6.07) is 10.3. The van der Waals surface area contributed by atoms with Crippen molar-refractivity contribution in [2.45, 2.75) is 6.42 Å². The topological polar surface area (TPSA) is 33.5 Å². The number of hydrogen-bond donors (Lipinski definition) is 0. The Morgan fingerprint density at radius 1 is 1.14 bits per heavy atom. The van der Waals surface area contributed by atoms with Gasteiger partial charge in [0.25, 0.3) is 0 Å². The zero-order valence-corrected chi connectivity index (χ0v) is 13.7. The zero-order valence-electron chi connectivity index (χ0n) is 13.7. The standard InChI is InChI=1S/C18H26N4/c1-20(2)9-10-21-8-7-16-13-22(14-17(16)12-21)18-5-3-15(11-19)4-6-18/h3-6,16-17H,7-10,12-14H2,1-2H3/t16-,17+/m1/s1. The van der Waals surface area contributed by atoms with Crippen LogP contribution in [-0.4, -0.2) is 63.2 Å². The lowest BCUT2D eigenvalue weighted by Crippen LogP contribution is -2.42. The Morgan fingerprint density at radius 2 is 1.86 bits per heavy atom. The highest BCUT2D eigenvalue weighted by Crippen LogP contribution is 2.33. The number of likely N-dealkylation sites (tertiary alicyclic amines) is 1. The van der Waals surface area contributed by atoms with E-state index in [0.29, 0.717) is 0 Å². The van der Waals surface area contributed by atoms with Gasteiger partial charge in [-0.2, -0.15) is 5.26 Å². The Bertz CT molecular complexity index is 531. The Labute approximate surface area is 133 Å². The Kier molecular flexibility index (Phi) is 4.66. The lowest BCUT2D eigenvalue weighted by Gasteiger charge is -2.34. The van der Waals surface area contributed by atoms with Gasteiger partial charge in [0.2, 0.25) is 0 Å². The first-order valence-electron chi connectivity index (χ1n) is 8.28. The third-order valence-electron chi connectivity index (χ3n) is 5.11. The van der Waals surface area contributed by atoms with Crippen LogP contribution in [-0.2, 0) is 0 Å². The number of fused-ring (bicyclic) bond motifs is 1. The van der Waals surface area contributed by atoms with Crippen molar-refractivity contribution in [1.82, 2.24) is 9.80 Å². The fourth-order valence-electron chi connectivity index (χ4n) is 3.75. The molecule has 0 aromatic heterocycles. The molecule has 0 bridgehead atoms. The predicted molar refractivity (Wildman–Crippen MR) is 90.0 cm³/mol. The van der Waals surface area contributed by atoms with Crippen LogP contribution in [0.4, 0.5) is 5.69 Å². The number of hydrogen-bond acceptors (Lipinski definition) is 4. The number of nitrogens with zero attached hydrogens (tertiary/aromatic N) is 4. The molecule has 0 saturated carbocycles. The van der Waals surface area contributed by atoms with Gasteiger partial charge in [-0.05, 0) is 63.2 Å². The van der Waals surface area contributed by atoms with Crippen molar-refractivity contribution in [3.8, 4) is 6.07 Å². The van der Waals surface area contributed by atoms with Crippen LogP contribution in [0.15, 0.2) is 24.3 Å². The van der Waals surface area contributed by atoms with E-state index in [0.717, 1.165) is 30.5 Å². The molecule has 0 amide bonds. The number of piperidine rings is 1. The lowest BCUT2D eigenvalue weighted by molar-refractivity contribution is 0.139. The number of benzene rings is 1. The van der Waals surface area contributed by atoms with E-state index in [2.05, 4.69) is 47.0 Å². The second-order valence-corrected chi connectivity index (χ2v) is 6.98. The maximum absolute atomic E-state index is 8.91. The molecule has 0 unspecified atom stereocenters. The molecule has 4 heteroatoms. The molecule has 22 heavy (non-hydrogen) atoms. The SMILES string of the molecule is CN(C)CCN1CC[C@@H]2CN(c3ccc(C#N)cc3)C[C@@H]2C1. The maximum Gasteiger partial charge on any atom is 0.0991 e. The van der Waals surface area contributed by atoms with Crippen LogP contribution >= 0.6 is 0 Å². The Morgan fingerprint density at radius 3 is 2.55 bits per heavy atom. The van der Waals surface area contributed by atoms with Crippen LogP contribution < -0.4 is 4.90 Å². The van der Waals surface area contributed by atoms with Gasteiger partial charge in [0, 0.05) is 38.4 Å². The fraction of sp³-hybridized carbons (Fsp3) is 0.611. The summed E-state index contributed by atoms with van der Waals surface area (Å²) >= 11 is 0. The van der Waals surface area contributed by atoms with E-state index < -0.39 is 0 Å². The molecule has 2 aliphatic rings. The highest BCUT2D eigenvalue weighted by Gasteiger charge is 2.36. The van der Waals surface area contributed by atoms with Gasteiger partial charge >= 0.3 is 0 Å². The largest absolute Gasteiger partial charge is 0.371 e. The average Bonchev–Trinajstić information content (AvgIpc) is 2.96. The van der Waals surface area contributed by atoms with Crippen LogP contribution in [0.5, 0.6) is 0 Å². The van der Waals surface area contributed by atoms with Crippen molar-refractivity contribution in [1.29, 1.82) is 5.26 Å². The summed E-state index contributed by atoms with van der Waals surface area (Å²) in [6.45, 7) is 7.17. The van der Waals surface area contributed by atoms with Crippen molar-refractivity contribution in [2.75, 3.05) is 58.3 Å². The third kappa shape index (κ3) is 3.43. The molecule has 2 fully saturated rings. The summed E-state index contributed by atoms with van der Waals surface area (Å²) < 4.78 is 0. The van der Waals surface area contributed by atoms with Gasteiger partial charge in [0.05, 0.1) is 11.6 Å². The zero-order chi connectivity index (χ0) is 15.5. The average molecular weight is 298 g/mol. The quantitative estimate of drug-likeness (QED) is 0.850. The molecular weight excluding hydrogens is 272 g/mol. The van der Waals surface area contributed by atoms with Gasteiger partial charge in [0.1, 0.15) is 0 Å². The Balaban J connectivity index is 1.58. The van der Waals surface area contributed by atoms with E-state index in [4.69, 9.17) is 5.26 Å². The van der Waals surface area contributed by atoms with Crippen molar-refractivity contribution in [2.24, 2.45) is 11.8 Å². The smallest absolute Gasteiger partial charge is 0.0991 e. The molecule has 2 atom stereocenters. The van der Waals surface area contributed by atoms with E-state index in [9.17, 15) is 0 Å². The van der Waals surface area contributed by atoms with Crippen LogP contribution in [0.25, 0.3) is 0 Å². The summed E-state index contributed by atoms with van der Waals surface area (Å²) in [5.41, 5.74) is 2.02. The summed E-state index contributed by atoms with van der Waals surface area (Å²) in [4.78, 5) is 7.40. The van der Waals surface area contributed by atoms with E-state index in [1.807, 2.05) is 12.1 Å². The van der Waals surface area contributed by atoms with Crippen molar-refractivity contribution >= 4 is 5.69 Å². The second-order valence-electron chi connectivity index (χ2n) is 6.98. The number of likely N-dealkylation sites (N-methyl/N-ethyl adjacent to an activating group) is 1. The molecule has 118 valence electrons. The molecule has 4 nitrogen and oxygen atoms in total. The number of rotatable bonds is 4. The van der Waals surface area contributed by atoms with Crippen LogP contribution in [0.3, 0.4) is 0 Å². The molecule has 0 radical (unpaired) electrons. The fourth-order valence-corrected chi connectivity index (χ4v) is 3.75. The maximum atomic E-state index is 8.91. The summed E-state index contributed by atoms with van der Waals surface area (Å²) in [7, 11) is 4.30. The summed E-state index contributed by atoms with van der Waals surface area (Å²) in [5, 5.41) is 8.91. The first-order chi connectivity index (χ1) is 10.7. The van der Waals surface area contributed by atoms with E-state index in [-0.39, 0.29) is 0 Å².